The van der Waals surface area contributed by atoms with E-state index in [1.54, 1.807) is 18.2 Å². The molecular weight excluding hydrogens is 432 g/mol. The van der Waals surface area contributed by atoms with Crippen LogP contribution in [0.4, 0.5) is 0 Å². The molecule has 3 aromatic rings. The summed E-state index contributed by atoms with van der Waals surface area (Å²) in [6.07, 6.45) is 0. The highest BCUT2D eigenvalue weighted by Crippen LogP contribution is 2.43. The molecule has 2 N–H and O–H groups in total. The number of benzene rings is 2. The first-order valence-corrected chi connectivity index (χ1v) is 10.4. The van der Waals surface area contributed by atoms with Crippen LogP contribution in [0.5, 0.6) is 5.75 Å². The van der Waals surface area contributed by atoms with Crippen molar-refractivity contribution in [3.63, 3.8) is 0 Å². The molecule has 8 heteroatoms. The van der Waals surface area contributed by atoms with Gasteiger partial charge in [0.2, 0.25) is 0 Å². The van der Waals surface area contributed by atoms with Gasteiger partial charge in [-0.1, -0.05) is 29.8 Å². The molecule has 1 aliphatic rings. The number of H-pyrrole nitrogens is 1. The van der Waals surface area contributed by atoms with Crippen LogP contribution in [0.1, 0.15) is 22.9 Å². The number of amides is 1. The van der Waals surface area contributed by atoms with Gasteiger partial charge < -0.3 is 24.5 Å². The summed E-state index contributed by atoms with van der Waals surface area (Å²) in [6, 6.07) is 11.6. The van der Waals surface area contributed by atoms with E-state index in [4.69, 9.17) is 21.1 Å². The lowest BCUT2D eigenvalue weighted by Crippen LogP contribution is -2.32. The van der Waals surface area contributed by atoms with E-state index in [2.05, 4.69) is 4.98 Å². The molecule has 2 heterocycles. The van der Waals surface area contributed by atoms with Crippen LogP contribution in [0.3, 0.4) is 0 Å². The molecule has 1 saturated heterocycles. The number of carbonyl (C=O) groups is 2. The van der Waals surface area contributed by atoms with Crippen molar-refractivity contribution >= 4 is 40.0 Å². The average molecular weight is 455 g/mol. The number of methoxy groups -OCH3 is 2. The van der Waals surface area contributed by atoms with Gasteiger partial charge in [0.25, 0.3) is 11.7 Å². The van der Waals surface area contributed by atoms with Crippen LogP contribution in [-0.2, 0) is 14.3 Å². The lowest BCUT2D eigenvalue weighted by atomic mass is 9.93. The molecule has 2 aromatic carbocycles. The molecule has 1 aromatic heterocycles. The number of hydrogen-bond acceptors (Lipinski definition) is 5. The van der Waals surface area contributed by atoms with E-state index in [1.807, 2.05) is 31.2 Å². The summed E-state index contributed by atoms with van der Waals surface area (Å²) in [5.41, 5.74) is 2.80. The first kappa shape index (κ1) is 21.9. The first-order chi connectivity index (χ1) is 15.4. The molecule has 1 amide bonds. The molecule has 32 heavy (non-hydrogen) atoms. The maximum absolute atomic E-state index is 13.2. The van der Waals surface area contributed by atoms with Gasteiger partial charge in [-0.15, -0.1) is 0 Å². The van der Waals surface area contributed by atoms with Gasteiger partial charge in [-0.3, -0.25) is 9.59 Å². The van der Waals surface area contributed by atoms with Gasteiger partial charge in [-0.2, -0.15) is 0 Å². The minimum atomic E-state index is -0.775. The van der Waals surface area contributed by atoms with Crippen molar-refractivity contribution in [2.75, 3.05) is 27.4 Å². The number of nitrogens with zero attached hydrogens (tertiary/aromatic N) is 1. The normalized spacial score (nSPS) is 18.0. The smallest absolute Gasteiger partial charge is 0.295 e. The Morgan fingerprint density at radius 1 is 1.19 bits per heavy atom. The van der Waals surface area contributed by atoms with Crippen LogP contribution in [0.15, 0.2) is 48.0 Å². The monoisotopic (exact) mass is 454 g/mol. The van der Waals surface area contributed by atoms with Crippen LogP contribution in [0.2, 0.25) is 5.02 Å². The number of carbonyl (C=O) groups excluding carboxylic acids is 2. The van der Waals surface area contributed by atoms with Crippen molar-refractivity contribution in [2.24, 2.45) is 0 Å². The maximum atomic E-state index is 13.2. The number of rotatable bonds is 6. The number of hydrogen-bond donors (Lipinski definition) is 2. The quantitative estimate of drug-likeness (QED) is 0.331. The third-order valence-corrected chi connectivity index (χ3v) is 6.03. The second-order valence-corrected chi connectivity index (χ2v) is 7.95. The number of aryl methyl sites for hydroxylation is 1. The number of aliphatic hydroxyl groups excluding tert-OH is 1. The Kier molecular flexibility index (Phi) is 5.95. The SMILES string of the molecule is COCCN1C(=O)C(=O)/C(=C(/O)c2ccc(Cl)c(OC)c2)C1c1c(C)[nH]c2ccccc12. The maximum Gasteiger partial charge on any atom is 0.295 e. The van der Waals surface area contributed by atoms with Gasteiger partial charge in [0.1, 0.15) is 11.5 Å². The predicted octanol–water partition coefficient (Wildman–Crippen LogP) is 4.21. The number of para-hydroxylation sites is 1. The predicted molar refractivity (Wildman–Crippen MR) is 122 cm³/mol. The molecule has 7 nitrogen and oxygen atoms in total. The van der Waals surface area contributed by atoms with Crippen LogP contribution in [0, 0.1) is 6.92 Å². The number of aliphatic hydroxyl groups is 1. The van der Waals surface area contributed by atoms with Gasteiger partial charge in [-0.05, 0) is 31.2 Å². The molecule has 1 aliphatic heterocycles. The Labute approximate surface area is 190 Å². The molecule has 0 spiro atoms. The standard InChI is InChI=1S/C24H23ClN2O5/c1-13-19(15-6-4-5-7-17(15)26-13)21-20(23(29)24(30)27(21)10-11-31-2)22(28)14-8-9-16(25)18(12-14)32-3/h4-9,12,21,26,28H,10-11H2,1-3H3/b22-20+. The highest BCUT2D eigenvalue weighted by molar-refractivity contribution is 6.46. The largest absolute Gasteiger partial charge is 0.507 e. The number of likely N-dealkylation sites (tertiary alicyclic amines) is 1. The molecule has 166 valence electrons. The minimum absolute atomic E-state index is 0.0170. The summed E-state index contributed by atoms with van der Waals surface area (Å²) in [4.78, 5) is 30.9. The van der Waals surface area contributed by atoms with E-state index in [-0.39, 0.29) is 24.5 Å². The number of aromatic nitrogens is 1. The lowest BCUT2D eigenvalue weighted by Gasteiger charge is -2.25. The van der Waals surface area contributed by atoms with Gasteiger partial charge in [-0.25, -0.2) is 0 Å². The Morgan fingerprint density at radius 3 is 2.66 bits per heavy atom. The first-order valence-electron chi connectivity index (χ1n) is 10.1. The lowest BCUT2D eigenvalue weighted by molar-refractivity contribution is -0.140. The van der Waals surface area contributed by atoms with E-state index in [0.29, 0.717) is 16.3 Å². The molecule has 4 rings (SSSR count). The molecular formula is C24H23ClN2O5. The Bertz CT molecular complexity index is 1250. The van der Waals surface area contributed by atoms with E-state index >= 15 is 0 Å². The van der Waals surface area contributed by atoms with Crippen LogP contribution in [0.25, 0.3) is 16.7 Å². The number of fused-ring (bicyclic) bond motifs is 1. The zero-order chi connectivity index (χ0) is 23.0. The molecule has 1 atom stereocenters. The van der Waals surface area contributed by atoms with Gasteiger partial charge in [0.15, 0.2) is 0 Å². The van der Waals surface area contributed by atoms with E-state index < -0.39 is 17.7 Å². The van der Waals surface area contributed by atoms with Crippen molar-refractivity contribution < 1.29 is 24.2 Å². The fraction of sp³-hybridized carbons (Fsp3) is 0.250. The van der Waals surface area contributed by atoms with E-state index in [9.17, 15) is 14.7 Å². The van der Waals surface area contributed by atoms with E-state index in [1.165, 1.54) is 19.1 Å². The van der Waals surface area contributed by atoms with Gasteiger partial charge >= 0.3 is 0 Å². The highest BCUT2D eigenvalue weighted by Gasteiger charge is 2.47. The van der Waals surface area contributed by atoms with Crippen molar-refractivity contribution in [1.29, 1.82) is 0 Å². The van der Waals surface area contributed by atoms with Crippen molar-refractivity contribution in [1.82, 2.24) is 9.88 Å². The molecule has 1 fully saturated rings. The van der Waals surface area contributed by atoms with Gasteiger partial charge in [0.05, 0.1) is 30.4 Å². The molecule has 0 radical (unpaired) electrons. The third-order valence-electron chi connectivity index (χ3n) is 5.72. The second kappa shape index (κ2) is 8.68. The molecule has 0 bridgehead atoms. The molecule has 0 aliphatic carbocycles. The van der Waals surface area contributed by atoms with Crippen molar-refractivity contribution in [3.05, 3.63) is 69.9 Å². The summed E-state index contributed by atoms with van der Waals surface area (Å²) >= 11 is 6.12. The zero-order valence-electron chi connectivity index (χ0n) is 17.9. The Hall–Kier alpha value is -3.29. The van der Waals surface area contributed by atoms with Crippen molar-refractivity contribution in [3.8, 4) is 5.75 Å². The Balaban J connectivity index is 1.97. The zero-order valence-corrected chi connectivity index (χ0v) is 18.7. The summed E-state index contributed by atoms with van der Waals surface area (Å²) < 4.78 is 10.4. The number of nitrogens with one attached hydrogen (secondary N) is 1. The van der Waals surface area contributed by atoms with Crippen LogP contribution < -0.4 is 4.74 Å². The number of ether oxygens (including phenoxy) is 2. The second-order valence-electron chi connectivity index (χ2n) is 7.54. The van der Waals surface area contributed by atoms with Crippen LogP contribution >= 0.6 is 11.6 Å². The van der Waals surface area contributed by atoms with Gasteiger partial charge in [0, 0.05) is 41.4 Å². The topological polar surface area (TPSA) is 91.9 Å². The fourth-order valence-corrected chi connectivity index (χ4v) is 4.41. The highest BCUT2D eigenvalue weighted by atomic mass is 35.5. The number of halogens is 1. The third kappa shape index (κ3) is 3.53. The number of ketones is 1. The van der Waals surface area contributed by atoms with Crippen molar-refractivity contribution in [2.45, 2.75) is 13.0 Å². The molecule has 1 unspecified atom stereocenters. The van der Waals surface area contributed by atoms with E-state index in [0.717, 1.165) is 22.2 Å². The molecule has 0 saturated carbocycles. The summed E-state index contributed by atoms with van der Waals surface area (Å²) in [6.45, 7) is 2.34. The fourth-order valence-electron chi connectivity index (χ4n) is 4.21. The van der Waals surface area contributed by atoms with Crippen LogP contribution in [-0.4, -0.2) is 54.1 Å². The summed E-state index contributed by atoms with van der Waals surface area (Å²) in [5, 5.41) is 12.5. The Morgan fingerprint density at radius 2 is 1.94 bits per heavy atom. The summed E-state index contributed by atoms with van der Waals surface area (Å²) in [7, 11) is 2.99. The minimum Gasteiger partial charge on any atom is -0.507 e. The number of Topliss-reactive ketones (excluding diaryl/α,β-unsaturated/α-hetero) is 1. The average Bonchev–Trinajstić information content (AvgIpc) is 3.24. The number of aromatic amines is 1. The summed E-state index contributed by atoms with van der Waals surface area (Å²) in [5.74, 6) is -1.36.